The second-order valence-electron chi connectivity index (χ2n) is 2.52. The summed E-state index contributed by atoms with van der Waals surface area (Å²) < 4.78 is 6.12. The molecule has 0 aliphatic carbocycles. The average Bonchev–Trinajstić information content (AvgIpc) is 2.52. The maximum atomic E-state index is 10.4. The van der Waals surface area contributed by atoms with Gasteiger partial charge in [-0.2, -0.15) is 0 Å². The van der Waals surface area contributed by atoms with Crippen LogP contribution in [0.1, 0.15) is 16.2 Å². The molecule has 0 bridgehead atoms. The molecule has 0 fully saturated rings. The van der Waals surface area contributed by atoms with Crippen molar-refractivity contribution in [2.75, 3.05) is 6.61 Å². The number of ether oxygens (including phenoxy) is 1. The van der Waals surface area contributed by atoms with Crippen LogP contribution in [0.15, 0.2) is 10.5 Å². The fraction of sp³-hybridized carbons (Fsp3) is 0.250. The zero-order valence-corrected chi connectivity index (χ0v) is 7.80. The van der Waals surface area contributed by atoms with Gasteiger partial charge >= 0.3 is 0 Å². The first-order valence-electron chi connectivity index (χ1n) is 3.58. The lowest BCUT2D eigenvalue weighted by atomic mass is 10.2. The van der Waals surface area contributed by atoms with Gasteiger partial charge in [0, 0.05) is 6.42 Å². The minimum Gasteiger partial charge on any atom is -0.490 e. The van der Waals surface area contributed by atoms with Crippen molar-refractivity contribution >= 4 is 22.2 Å². The zero-order valence-electron chi connectivity index (χ0n) is 6.21. The second kappa shape index (κ2) is 2.86. The number of pyridine rings is 1. The third-order valence-corrected chi connectivity index (χ3v) is 2.31. The SMILES string of the molecule is O=Cc1cc(Br)c2c(n1)CCO2. The molecule has 4 heteroatoms. The highest BCUT2D eigenvalue weighted by Gasteiger charge is 2.17. The van der Waals surface area contributed by atoms with Gasteiger partial charge < -0.3 is 4.74 Å². The molecule has 62 valence electrons. The standard InChI is InChI=1S/C8H6BrNO2/c9-6-3-5(4-11)10-7-1-2-12-8(6)7/h3-4H,1-2H2. The lowest BCUT2D eigenvalue weighted by Crippen LogP contribution is -1.91. The molecular weight excluding hydrogens is 222 g/mol. The molecule has 1 aromatic heterocycles. The van der Waals surface area contributed by atoms with Gasteiger partial charge in [-0.3, -0.25) is 4.79 Å². The maximum absolute atomic E-state index is 10.4. The van der Waals surface area contributed by atoms with E-state index in [0.717, 1.165) is 28.6 Å². The van der Waals surface area contributed by atoms with Crippen molar-refractivity contribution in [3.8, 4) is 5.75 Å². The quantitative estimate of drug-likeness (QED) is 0.685. The molecule has 0 saturated carbocycles. The van der Waals surface area contributed by atoms with E-state index < -0.39 is 0 Å². The number of rotatable bonds is 1. The van der Waals surface area contributed by atoms with Crippen LogP contribution in [0.5, 0.6) is 5.75 Å². The predicted molar refractivity (Wildman–Crippen MR) is 46.5 cm³/mol. The summed E-state index contributed by atoms with van der Waals surface area (Å²) in [4.78, 5) is 14.5. The Morgan fingerprint density at radius 3 is 3.25 bits per heavy atom. The van der Waals surface area contributed by atoms with Crippen LogP contribution in [0, 0.1) is 0 Å². The smallest absolute Gasteiger partial charge is 0.168 e. The monoisotopic (exact) mass is 227 g/mol. The summed E-state index contributed by atoms with van der Waals surface area (Å²) in [6.07, 6.45) is 1.53. The molecule has 0 spiro atoms. The van der Waals surface area contributed by atoms with Crippen LogP contribution >= 0.6 is 15.9 Å². The summed E-state index contributed by atoms with van der Waals surface area (Å²) in [7, 11) is 0. The second-order valence-corrected chi connectivity index (χ2v) is 3.38. The largest absolute Gasteiger partial charge is 0.490 e. The van der Waals surface area contributed by atoms with Crippen LogP contribution in [0.3, 0.4) is 0 Å². The van der Waals surface area contributed by atoms with E-state index in [0.29, 0.717) is 12.3 Å². The van der Waals surface area contributed by atoms with Crippen LogP contribution in [-0.2, 0) is 6.42 Å². The predicted octanol–water partition coefficient (Wildman–Crippen LogP) is 1.59. The molecule has 0 atom stereocenters. The van der Waals surface area contributed by atoms with E-state index >= 15 is 0 Å². The van der Waals surface area contributed by atoms with E-state index in [1.807, 2.05) is 0 Å². The Kier molecular flexibility index (Phi) is 1.84. The topological polar surface area (TPSA) is 39.2 Å². The molecule has 0 N–H and O–H groups in total. The Bertz CT molecular complexity index is 338. The van der Waals surface area contributed by atoms with E-state index in [2.05, 4.69) is 20.9 Å². The molecule has 0 radical (unpaired) electrons. The molecule has 1 aliphatic rings. The summed E-state index contributed by atoms with van der Waals surface area (Å²) in [5.41, 5.74) is 1.32. The van der Waals surface area contributed by atoms with Crippen molar-refractivity contribution in [1.29, 1.82) is 0 Å². The lowest BCUT2D eigenvalue weighted by molar-refractivity contribution is 0.111. The van der Waals surface area contributed by atoms with Crippen molar-refractivity contribution in [2.24, 2.45) is 0 Å². The van der Waals surface area contributed by atoms with Gasteiger partial charge in [0.1, 0.15) is 5.69 Å². The summed E-state index contributed by atoms with van der Waals surface area (Å²) >= 11 is 3.32. The molecule has 1 aromatic rings. The molecule has 0 aromatic carbocycles. The van der Waals surface area contributed by atoms with Crippen LogP contribution in [-0.4, -0.2) is 17.9 Å². The van der Waals surface area contributed by atoms with Gasteiger partial charge in [0.05, 0.1) is 16.8 Å². The third kappa shape index (κ3) is 1.12. The Morgan fingerprint density at radius 1 is 1.67 bits per heavy atom. The number of aromatic nitrogens is 1. The molecule has 0 saturated heterocycles. The highest BCUT2D eigenvalue weighted by atomic mass is 79.9. The van der Waals surface area contributed by atoms with E-state index in [1.165, 1.54) is 0 Å². The van der Waals surface area contributed by atoms with Crippen molar-refractivity contribution in [1.82, 2.24) is 4.98 Å². The van der Waals surface area contributed by atoms with E-state index in [-0.39, 0.29) is 0 Å². The van der Waals surface area contributed by atoms with Gasteiger partial charge in [-0.25, -0.2) is 4.98 Å². The molecule has 0 amide bonds. The van der Waals surface area contributed by atoms with Crippen LogP contribution in [0.4, 0.5) is 0 Å². The minimum atomic E-state index is 0.450. The summed E-state index contributed by atoms with van der Waals surface area (Å²) in [6, 6.07) is 1.66. The highest BCUT2D eigenvalue weighted by molar-refractivity contribution is 9.10. The van der Waals surface area contributed by atoms with E-state index in [4.69, 9.17) is 4.74 Å². The molecule has 3 nitrogen and oxygen atoms in total. The van der Waals surface area contributed by atoms with Crippen LogP contribution in [0.25, 0.3) is 0 Å². The van der Waals surface area contributed by atoms with Gasteiger partial charge in [-0.15, -0.1) is 0 Å². The average molecular weight is 228 g/mol. The maximum Gasteiger partial charge on any atom is 0.168 e. The number of carbonyl (C=O) groups is 1. The first-order chi connectivity index (χ1) is 5.81. The number of hydrogen-bond donors (Lipinski definition) is 0. The van der Waals surface area contributed by atoms with E-state index in [1.54, 1.807) is 6.07 Å². The zero-order chi connectivity index (χ0) is 8.55. The number of halogens is 1. The number of fused-ring (bicyclic) bond motifs is 1. The minimum absolute atomic E-state index is 0.450. The Morgan fingerprint density at radius 2 is 2.50 bits per heavy atom. The van der Waals surface area contributed by atoms with Crippen molar-refractivity contribution < 1.29 is 9.53 Å². The Balaban J connectivity index is 2.58. The first kappa shape index (κ1) is 7.73. The molecular formula is C8H6BrNO2. The molecule has 1 aliphatic heterocycles. The number of aldehydes is 1. The normalized spacial score (nSPS) is 13.8. The van der Waals surface area contributed by atoms with Crippen LogP contribution < -0.4 is 4.74 Å². The third-order valence-electron chi connectivity index (χ3n) is 1.72. The van der Waals surface area contributed by atoms with E-state index in [9.17, 15) is 4.79 Å². The lowest BCUT2D eigenvalue weighted by Gasteiger charge is -2.01. The number of carbonyl (C=O) groups excluding carboxylic acids is 1. The summed E-state index contributed by atoms with van der Waals surface area (Å²) in [5, 5.41) is 0. The van der Waals surface area contributed by atoms with Crippen molar-refractivity contribution in [3.63, 3.8) is 0 Å². The fourth-order valence-corrected chi connectivity index (χ4v) is 1.78. The number of hydrogen-bond acceptors (Lipinski definition) is 3. The molecule has 0 unspecified atom stereocenters. The van der Waals surface area contributed by atoms with Gasteiger partial charge in [0.15, 0.2) is 12.0 Å². The van der Waals surface area contributed by atoms with Crippen molar-refractivity contribution in [2.45, 2.75) is 6.42 Å². The Hall–Kier alpha value is -0.900. The van der Waals surface area contributed by atoms with Crippen LogP contribution in [0.2, 0.25) is 0 Å². The highest BCUT2D eigenvalue weighted by Crippen LogP contribution is 2.32. The van der Waals surface area contributed by atoms with Gasteiger partial charge in [0.2, 0.25) is 0 Å². The fourth-order valence-electron chi connectivity index (χ4n) is 1.20. The summed E-state index contributed by atoms with van der Waals surface area (Å²) in [6.45, 7) is 0.656. The molecule has 12 heavy (non-hydrogen) atoms. The van der Waals surface area contributed by atoms with Gasteiger partial charge in [-0.05, 0) is 22.0 Å². The number of nitrogens with zero attached hydrogens (tertiary/aromatic N) is 1. The van der Waals surface area contributed by atoms with Gasteiger partial charge in [0.25, 0.3) is 0 Å². The van der Waals surface area contributed by atoms with Crippen molar-refractivity contribution in [3.05, 3.63) is 21.9 Å². The first-order valence-corrected chi connectivity index (χ1v) is 4.38. The summed E-state index contributed by atoms with van der Waals surface area (Å²) in [5.74, 6) is 0.778. The van der Waals surface area contributed by atoms with Gasteiger partial charge in [-0.1, -0.05) is 0 Å². The molecule has 2 rings (SSSR count). The molecule has 2 heterocycles. The Labute approximate surface area is 77.9 Å².